The number of hydrogen-bond donors (Lipinski definition) is 0. The number of anilines is 2. The van der Waals surface area contributed by atoms with Crippen LogP contribution in [0.25, 0.3) is 5.65 Å². The fraction of sp³-hybridized carbons (Fsp3) is 0.409. The Morgan fingerprint density at radius 3 is 2.62 bits per heavy atom. The Balaban J connectivity index is 1.47. The Morgan fingerprint density at radius 1 is 1.25 bits per heavy atom. The molecule has 6 nitrogen and oxygen atoms in total. The molecule has 1 aromatic carbocycles. The van der Waals surface area contributed by atoms with Crippen LogP contribution in [0, 0.1) is 5.92 Å². The molecule has 32 heavy (non-hydrogen) atoms. The molecule has 0 saturated heterocycles. The first-order valence-corrected chi connectivity index (χ1v) is 10.9. The minimum atomic E-state index is -4.56. The molecule has 1 amide bonds. The summed E-state index contributed by atoms with van der Waals surface area (Å²) >= 11 is 6.03. The zero-order chi connectivity index (χ0) is 22.6. The smallest absolute Gasteiger partial charge is 0.339 e. The van der Waals surface area contributed by atoms with Gasteiger partial charge < -0.3 is 9.80 Å². The predicted octanol–water partition coefficient (Wildman–Crippen LogP) is 4.94. The molecule has 2 aromatic heterocycles. The van der Waals surface area contributed by atoms with Gasteiger partial charge in [0, 0.05) is 31.3 Å². The zero-order valence-electron chi connectivity index (χ0n) is 17.3. The molecule has 1 fully saturated rings. The molecule has 5 rings (SSSR count). The summed E-state index contributed by atoms with van der Waals surface area (Å²) in [5, 5.41) is 4.66. The number of rotatable bonds is 4. The average Bonchev–Trinajstić information content (AvgIpc) is 3.53. The maximum absolute atomic E-state index is 13.9. The van der Waals surface area contributed by atoms with E-state index in [0.717, 1.165) is 34.8 Å². The number of hydrogen-bond acceptors (Lipinski definition) is 4. The Bertz CT molecular complexity index is 1170. The molecule has 1 aliphatic heterocycles. The van der Waals surface area contributed by atoms with Crippen molar-refractivity contribution in [3.8, 4) is 0 Å². The van der Waals surface area contributed by atoms with Gasteiger partial charge in [-0.3, -0.25) is 4.79 Å². The van der Waals surface area contributed by atoms with Gasteiger partial charge in [-0.25, -0.2) is 9.50 Å². The van der Waals surface area contributed by atoms with E-state index in [1.165, 1.54) is 19.2 Å². The van der Waals surface area contributed by atoms with Crippen LogP contribution >= 0.6 is 11.6 Å². The monoisotopic (exact) mass is 463 g/mol. The number of alkyl halides is 3. The lowest BCUT2D eigenvalue weighted by Crippen LogP contribution is -2.40. The largest absolute Gasteiger partial charge is 0.413 e. The molecular weight excluding hydrogens is 443 g/mol. The molecule has 2 aliphatic rings. The van der Waals surface area contributed by atoms with Crippen LogP contribution in [-0.2, 0) is 11.2 Å². The number of aromatic nitrogens is 3. The number of halogens is 4. The topological polar surface area (TPSA) is 53.7 Å². The molecule has 0 bridgehead atoms. The summed E-state index contributed by atoms with van der Waals surface area (Å²) in [6.07, 6.45) is 0.151. The van der Waals surface area contributed by atoms with Crippen LogP contribution in [0.5, 0.6) is 0 Å². The van der Waals surface area contributed by atoms with Crippen LogP contribution in [0.15, 0.2) is 36.5 Å². The SMILES string of the molecule is CN(C(=O)C1CC1)[C@@H](c1ccc(N2CCCc3c2cnc2cc(Cl)nn32)cc1)C(F)(F)F. The van der Waals surface area contributed by atoms with Crippen molar-refractivity contribution < 1.29 is 18.0 Å². The van der Waals surface area contributed by atoms with E-state index in [2.05, 4.69) is 10.1 Å². The minimum Gasteiger partial charge on any atom is -0.339 e. The maximum atomic E-state index is 13.9. The number of nitrogens with zero attached hydrogens (tertiary/aromatic N) is 5. The lowest BCUT2D eigenvalue weighted by molar-refractivity contribution is -0.189. The maximum Gasteiger partial charge on any atom is 0.413 e. The molecule has 0 unspecified atom stereocenters. The van der Waals surface area contributed by atoms with Gasteiger partial charge in [0.1, 0.15) is 0 Å². The van der Waals surface area contributed by atoms with E-state index in [1.807, 2.05) is 4.90 Å². The van der Waals surface area contributed by atoms with Crippen LogP contribution in [0.2, 0.25) is 5.15 Å². The highest BCUT2D eigenvalue weighted by Gasteiger charge is 2.47. The number of amides is 1. The summed E-state index contributed by atoms with van der Waals surface area (Å²) in [5.41, 5.74) is 3.26. The first kappa shape index (κ1) is 21.1. The second kappa shape index (κ2) is 7.65. The summed E-state index contributed by atoms with van der Waals surface area (Å²) < 4.78 is 43.3. The highest BCUT2D eigenvalue weighted by atomic mass is 35.5. The lowest BCUT2D eigenvalue weighted by Gasteiger charge is -2.33. The quantitative estimate of drug-likeness (QED) is 0.550. The van der Waals surface area contributed by atoms with Gasteiger partial charge in [0.2, 0.25) is 5.91 Å². The normalized spacial score (nSPS) is 17.3. The molecule has 3 aromatic rings. The minimum absolute atomic E-state index is 0.0439. The van der Waals surface area contributed by atoms with Gasteiger partial charge in [0.05, 0.1) is 17.6 Å². The molecule has 3 heterocycles. The van der Waals surface area contributed by atoms with Crippen molar-refractivity contribution in [3.63, 3.8) is 0 Å². The fourth-order valence-electron chi connectivity index (χ4n) is 4.41. The third-order valence-corrected chi connectivity index (χ3v) is 6.29. The fourth-order valence-corrected chi connectivity index (χ4v) is 4.58. The Morgan fingerprint density at radius 2 is 1.97 bits per heavy atom. The predicted molar refractivity (Wildman–Crippen MR) is 114 cm³/mol. The molecule has 0 N–H and O–H groups in total. The average molecular weight is 464 g/mol. The molecule has 1 saturated carbocycles. The molecule has 1 atom stereocenters. The highest BCUT2D eigenvalue weighted by Crippen LogP contribution is 2.41. The first-order valence-electron chi connectivity index (χ1n) is 10.5. The van der Waals surface area contributed by atoms with Crippen molar-refractivity contribution in [2.24, 2.45) is 5.92 Å². The lowest BCUT2D eigenvalue weighted by atomic mass is 10.0. The van der Waals surface area contributed by atoms with E-state index in [0.29, 0.717) is 30.2 Å². The molecular formula is C22H21ClF3N5O. The van der Waals surface area contributed by atoms with Crippen molar-refractivity contribution >= 4 is 34.5 Å². The van der Waals surface area contributed by atoms with E-state index >= 15 is 0 Å². The van der Waals surface area contributed by atoms with Crippen molar-refractivity contribution in [2.75, 3.05) is 18.5 Å². The summed E-state index contributed by atoms with van der Waals surface area (Å²) in [7, 11) is 1.24. The first-order chi connectivity index (χ1) is 15.2. The van der Waals surface area contributed by atoms with Gasteiger partial charge in [0.15, 0.2) is 16.8 Å². The number of carbonyl (C=O) groups is 1. The summed E-state index contributed by atoms with van der Waals surface area (Å²) in [6, 6.07) is 5.96. The molecule has 0 spiro atoms. The van der Waals surface area contributed by atoms with Crippen LogP contribution in [-0.4, -0.2) is 45.2 Å². The standard InChI is InChI=1S/C22H21ClF3N5O/c1-29(21(32)14-4-5-14)20(22(24,25)26)13-6-8-15(9-7-13)30-10-2-3-16-17(30)12-27-19-11-18(23)28-31(16)19/h6-9,11-12,14,20H,2-5,10H2,1H3/t20-/m0/s1. The Labute approximate surface area is 187 Å². The molecule has 1 aliphatic carbocycles. The summed E-state index contributed by atoms with van der Waals surface area (Å²) in [6.45, 7) is 0.706. The number of fused-ring (bicyclic) bond motifs is 3. The van der Waals surface area contributed by atoms with Gasteiger partial charge in [-0.15, -0.1) is 0 Å². The van der Waals surface area contributed by atoms with E-state index in [-0.39, 0.29) is 11.5 Å². The Kier molecular flexibility index (Phi) is 5.03. The van der Waals surface area contributed by atoms with E-state index < -0.39 is 18.1 Å². The summed E-state index contributed by atoms with van der Waals surface area (Å²) in [5.74, 6) is -0.733. The molecule has 168 valence electrons. The highest BCUT2D eigenvalue weighted by molar-refractivity contribution is 6.29. The van der Waals surface area contributed by atoms with Crippen LogP contribution < -0.4 is 4.90 Å². The van der Waals surface area contributed by atoms with Gasteiger partial charge in [0.25, 0.3) is 0 Å². The number of benzene rings is 1. The second-order valence-electron chi connectivity index (χ2n) is 8.34. The van der Waals surface area contributed by atoms with Crippen molar-refractivity contribution in [1.82, 2.24) is 19.5 Å². The van der Waals surface area contributed by atoms with Crippen molar-refractivity contribution in [2.45, 2.75) is 37.9 Å². The summed E-state index contributed by atoms with van der Waals surface area (Å²) in [4.78, 5) is 19.6. The van der Waals surface area contributed by atoms with Gasteiger partial charge in [-0.1, -0.05) is 23.7 Å². The van der Waals surface area contributed by atoms with Crippen LogP contribution in [0.4, 0.5) is 24.5 Å². The van der Waals surface area contributed by atoms with Crippen LogP contribution in [0.3, 0.4) is 0 Å². The van der Waals surface area contributed by atoms with Gasteiger partial charge >= 0.3 is 6.18 Å². The van der Waals surface area contributed by atoms with Crippen molar-refractivity contribution in [1.29, 1.82) is 0 Å². The molecule has 0 radical (unpaired) electrons. The van der Waals surface area contributed by atoms with E-state index in [4.69, 9.17) is 11.6 Å². The third-order valence-electron chi connectivity index (χ3n) is 6.11. The Hall–Kier alpha value is -2.81. The van der Waals surface area contributed by atoms with Gasteiger partial charge in [-0.05, 0) is 43.4 Å². The van der Waals surface area contributed by atoms with E-state index in [9.17, 15) is 18.0 Å². The van der Waals surface area contributed by atoms with Crippen LogP contribution in [0.1, 0.15) is 36.6 Å². The van der Waals surface area contributed by atoms with Gasteiger partial charge in [-0.2, -0.15) is 18.3 Å². The number of carbonyl (C=O) groups excluding carboxylic acids is 1. The van der Waals surface area contributed by atoms with E-state index in [1.54, 1.807) is 28.9 Å². The second-order valence-corrected chi connectivity index (χ2v) is 8.73. The zero-order valence-corrected chi connectivity index (χ0v) is 18.1. The number of aryl methyl sites for hydroxylation is 1. The van der Waals surface area contributed by atoms with Crippen molar-refractivity contribution in [3.05, 3.63) is 52.9 Å². The molecule has 10 heteroatoms. The third kappa shape index (κ3) is 3.68.